The summed E-state index contributed by atoms with van der Waals surface area (Å²) in [6.07, 6.45) is 5.51. The lowest BCUT2D eigenvalue weighted by atomic mass is 10.2. The third kappa shape index (κ3) is 4.11. The monoisotopic (exact) mass is 329 g/mol. The number of carbonyl (C=O) groups excluding carboxylic acids is 1. The fourth-order valence-electron chi connectivity index (χ4n) is 3.05. The average Bonchev–Trinajstić information content (AvgIpc) is 3.27. The Balaban J connectivity index is 1.43. The Labute approximate surface area is 141 Å². The van der Waals surface area contributed by atoms with Crippen LogP contribution in [0.4, 0.5) is 5.82 Å². The van der Waals surface area contributed by atoms with Gasteiger partial charge in [-0.05, 0) is 44.0 Å². The smallest absolute Gasteiger partial charge is 0.234 e. The minimum absolute atomic E-state index is 0.0389. The summed E-state index contributed by atoms with van der Waals surface area (Å²) < 4.78 is 5.29. The molecule has 7 nitrogen and oxygen atoms in total. The maximum Gasteiger partial charge on any atom is 0.234 e. The van der Waals surface area contributed by atoms with Gasteiger partial charge in [0.05, 0.1) is 18.8 Å². The highest BCUT2D eigenvalue weighted by molar-refractivity contribution is 5.78. The van der Waals surface area contributed by atoms with Crippen molar-refractivity contribution >= 4 is 11.7 Å². The van der Waals surface area contributed by atoms with Crippen molar-refractivity contribution in [1.29, 1.82) is 0 Å². The van der Waals surface area contributed by atoms with Crippen LogP contribution in [0.2, 0.25) is 0 Å². The van der Waals surface area contributed by atoms with Crippen LogP contribution in [-0.4, -0.2) is 41.8 Å². The van der Waals surface area contributed by atoms with Crippen molar-refractivity contribution in [3.05, 3.63) is 42.5 Å². The average molecular weight is 329 g/mol. The molecule has 1 fully saturated rings. The van der Waals surface area contributed by atoms with Crippen molar-refractivity contribution in [3.63, 3.8) is 0 Å². The van der Waals surface area contributed by atoms with Crippen LogP contribution in [0.15, 0.2) is 41.1 Å². The molecule has 2 atom stereocenters. The van der Waals surface area contributed by atoms with Gasteiger partial charge in [0.1, 0.15) is 5.76 Å². The summed E-state index contributed by atoms with van der Waals surface area (Å²) in [5.41, 5.74) is 0. The minimum Gasteiger partial charge on any atom is -0.467 e. The predicted molar refractivity (Wildman–Crippen MR) is 90.5 cm³/mol. The first-order chi connectivity index (χ1) is 11.7. The predicted octanol–water partition coefficient (Wildman–Crippen LogP) is 1.51. The number of nitrogens with one attached hydrogen (secondary N) is 2. The van der Waals surface area contributed by atoms with E-state index < -0.39 is 0 Å². The van der Waals surface area contributed by atoms with E-state index in [1.807, 2.05) is 31.2 Å². The highest BCUT2D eigenvalue weighted by Crippen LogP contribution is 2.22. The Morgan fingerprint density at radius 1 is 1.46 bits per heavy atom. The maximum atomic E-state index is 12.0. The normalized spacial score (nSPS) is 18.5. The van der Waals surface area contributed by atoms with Crippen LogP contribution in [-0.2, 0) is 4.79 Å². The Kier molecular flexibility index (Phi) is 5.43. The lowest BCUT2D eigenvalue weighted by Gasteiger charge is -2.25. The second-order valence-corrected chi connectivity index (χ2v) is 6.01. The van der Waals surface area contributed by atoms with Crippen molar-refractivity contribution in [2.24, 2.45) is 0 Å². The van der Waals surface area contributed by atoms with Gasteiger partial charge in [-0.2, -0.15) is 5.10 Å². The largest absolute Gasteiger partial charge is 0.467 e. The van der Waals surface area contributed by atoms with E-state index in [2.05, 4.69) is 25.7 Å². The summed E-state index contributed by atoms with van der Waals surface area (Å²) >= 11 is 0. The molecule has 1 amide bonds. The number of hydrogen-bond donors (Lipinski definition) is 2. The molecule has 0 aromatic carbocycles. The Morgan fingerprint density at radius 3 is 3.12 bits per heavy atom. The quantitative estimate of drug-likeness (QED) is 0.801. The summed E-state index contributed by atoms with van der Waals surface area (Å²) in [5.74, 6) is 1.62. The second-order valence-electron chi connectivity index (χ2n) is 6.01. The SMILES string of the molecule is C[C@H](NC(=O)CNC[C@H]1CCCN1c1cccnn1)c1ccco1. The van der Waals surface area contributed by atoms with Gasteiger partial charge in [0, 0.05) is 25.3 Å². The molecule has 3 rings (SSSR count). The first kappa shape index (κ1) is 16.4. The fraction of sp³-hybridized carbons (Fsp3) is 0.471. The number of amides is 1. The van der Waals surface area contributed by atoms with Gasteiger partial charge in [-0.15, -0.1) is 5.10 Å². The highest BCUT2D eigenvalue weighted by Gasteiger charge is 2.25. The first-order valence-electron chi connectivity index (χ1n) is 8.32. The van der Waals surface area contributed by atoms with Crippen LogP contribution < -0.4 is 15.5 Å². The minimum atomic E-state index is -0.128. The van der Waals surface area contributed by atoms with Gasteiger partial charge in [0.25, 0.3) is 0 Å². The van der Waals surface area contributed by atoms with Crippen molar-refractivity contribution in [2.75, 3.05) is 24.5 Å². The fourth-order valence-corrected chi connectivity index (χ4v) is 3.05. The van der Waals surface area contributed by atoms with Crippen molar-refractivity contribution < 1.29 is 9.21 Å². The van der Waals surface area contributed by atoms with Crippen molar-refractivity contribution in [3.8, 4) is 0 Å². The van der Waals surface area contributed by atoms with Gasteiger partial charge in [-0.25, -0.2) is 0 Å². The first-order valence-corrected chi connectivity index (χ1v) is 8.32. The van der Waals surface area contributed by atoms with E-state index in [9.17, 15) is 4.79 Å². The third-order valence-electron chi connectivity index (χ3n) is 4.24. The van der Waals surface area contributed by atoms with Gasteiger partial charge in [-0.3, -0.25) is 4.79 Å². The molecule has 0 saturated carbocycles. The van der Waals surface area contributed by atoms with E-state index in [0.717, 1.165) is 37.5 Å². The molecule has 1 aliphatic heterocycles. The number of carbonyl (C=O) groups is 1. The molecule has 0 bridgehead atoms. The van der Waals surface area contributed by atoms with E-state index in [4.69, 9.17) is 4.42 Å². The molecular weight excluding hydrogens is 306 g/mol. The topological polar surface area (TPSA) is 83.3 Å². The summed E-state index contributed by atoms with van der Waals surface area (Å²) in [5, 5.41) is 14.3. The molecule has 2 N–H and O–H groups in total. The molecule has 0 aliphatic carbocycles. The zero-order valence-electron chi connectivity index (χ0n) is 13.8. The number of nitrogens with zero attached hydrogens (tertiary/aromatic N) is 3. The molecule has 0 radical (unpaired) electrons. The number of rotatable bonds is 7. The van der Waals surface area contributed by atoms with Gasteiger partial charge in [-0.1, -0.05) is 0 Å². The molecular formula is C17H23N5O2. The zero-order valence-corrected chi connectivity index (χ0v) is 13.8. The van der Waals surface area contributed by atoms with Gasteiger partial charge in [0.2, 0.25) is 5.91 Å². The number of furan rings is 1. The van der Waals surface area contributed by atoms with Crippen LogP contribution >= 0.6 is 0 Å². The van der Waals surface area contributed by atoms with E-state index in [-0.39, 0.29) is 18.5 Å². The molecule has 24 heavy (non-hydrogen) atoms. The number of aromatic nitrogens is 2. The van der Waals surface area contributed by atoms with Crippen LogP contribution in [0, 0.1) is 0 Å². The lowest BCUT2D eigenvalue weighted by molar-refractivity contribution is -0.121. The maximum absolute atomic E-state index is 12.0. The zero-order chi connectivity index (χ0) is 16.8. The Morgan fingerprint density at radius 2 is 2.38 bits per heavy atom. The number of anilines is 1. The number of hydrogen-bond acceptors (Lipinski definition) is 6. The Bertz CT molecular complexity index is 632. The molecule has 3 heterocycles. The van der Waals surface area contributed by atoms with E-state index in [1.54, 1.807) is 12.5 Å². The van der Waals surface area contributed by atoms with Crippen LogP contribution in [0.25, 0.3) is 0 Å². The van der Waals surface area contributed by atoms with Crippen LogP contribution in [0.1, 0.15) is 31.6 Å². The van der Waals surface area contributed by atoms with E-state index in [0.29, 0.717) is 6.04 Å². The third-order valence-corrected chi connectivity index (χ3v) is 4.24. The highest BCUT2D eigenvalue weighted by atomic mass is 16.3. The van der Waals surface area contributed by atoms with Gasteiger partial charge >= 0.3 is 0 Å². The van der Waals surface area contributed by atoms with Crippen LogP contribution in [0.3, 0.4) is 0 Å². The molecule has 0 unspecified atom stereocenters. The molecule has 2 aromatic heterocycles. The summed E-state index contributed by atoms with van der Waals surface area (Å²) in [6, 6.07) is 7.76. The second kappa shape index (κ2) is 7.92. The van der Waals surface area contributed by atoms with E-state index in [1.165, 1.54) is 0 Å². The Hall–Kier alpha value is -2.41. The van der Waals surface area contributed by atoms with Gasteiger partial charge in [0.15, 0.2) is 5.82 Å². The summed E-state index contributed by atoms with van der Waals surface area (Å²) in [4.78, 5) is 14.3. The molecule has 2 aromatic rings. The molecule has 1 saturated heterocycles. The molecule has 7 heteroatoms. The summed E-state index contributed by atoms with van der Waals surface area (Å²) in [6.45, 7) is 3.92. The van der Waals surface area contributed by atoms with E-state index >= 15 is 0 Å². The summed E-state index contributed by atoms with van der Waals surface area (Å²) in [7, 11) is 0. The standard InChI is InChI=1S/C17H23N5O2/c1-13(15-6-4-10-24-15)20-17(23)12-18-11-14-5-3-9-22(14)16-7-2-8-19-21-16/h2,4,6-8,10,13-14,18H,3,5,9,11-12H2,1H3,(H,20,23)/t13-,14+/m0/s1. The van der Waals surface area contributed by atoms with Crippen molar-refractivity contribution in [2.45, 2.75) is 31.8 Å². The van der Waals surface area contributed by atoms with Crippen molar-refractivity contribution in [1.82, 2.24) is 20.8 Å². The van der Waals surface area contributed by atoms with Gasteiger partial charge < -0.3 is 20.0 Å². The molecule has 128 valence electrons. The van der Waals surface area contributed by atoms with Crippen LogP contribution in [0.5, 0.6) is 0 Å². The lowest BCUT2D eigenvalue weighted by Crippen LogP contribution is -2.42. The molecule has 1 aliphatic rings. The molecule has 0 spiro atoms.